The maximum atomic E-state index is 12.2. The first-order chi connectivity index (χ1) is 12.3. The molecule has 1 aromatic carbocycles. The number of hydrogen-bond acceptors (Lipinski definition) is 3. The van der Waals surface area contributed by atoms with E-state index in [1.54, 1.807) is 0 Å². The second-order valence-corrected chi connectivity index (χ2v) is 6.54. The maximum Gasteiger partial charge on any atom is 0.244 e. The summed E-state index contributed by atoms with van der Waals surface area (Å²) in [4.78, 5) is 18.5. The van der Waals surface area contributed by atoms with Gasteiger partial charge in [0, 0.05) is 32.1 Å². The van der Waals surface area contributed by atoms with Crippen molar-refractivity contribution < 1.29 is 9.53 Å². The molecule has 0 saturated carbocycles. The minimum absolute atomic E-state index is 0. The van der Waals surface area contributed by atoms with Crippen LogP contribution in [0.1, 0.15) is 37.7 Å². The minimum atomic E-state index is 0. The van der Waals surface area contributed by atoms with Gasteiger partial charge in [-0.1, -0.05) is 18.2 Å². The lowest BCUT2D eigenvalue weighted by Crippen LogP contribution is -2.41. The Labute approximate surface area is 172 Å². The van der Waals surface area contributed by atoms with Gasteiger partial charge in [0.1, 0.15) is 12.3 Å². The number of guanidine groups is 1. The predicted octanol–water partition coefficient (Wildman–Crippen LogP) is 2.35. The van der Waals surface area contributed by atoms with Crippen molar-refractivity contribution in [1.82, 2.24) is 15.5 Å². The van der Waals surface area contributed by atoms with Gasteiger partial charge in [0.2, 0.25) is 5.91 Å². The van der Waals surface area contributed by atoms with E-state index in [1.807, 2.05) is 24.0 Å². The summed E-state index contributed by atoms with van der Waals surface area (Å²) in [5.41, 5.74) is 1.24. The number of rotatable bonds is 5. The van der Waals surface area contributed by atoms with E-state index >= 15 is 0 Å². The molecule has 1 saturated heterocycles. The van der Waals surface area contributed by atoms with Gasteiger partial charge >= 0.3 is 0 Å². The molecule has 1 amide bonds. The summed E-state index contributed by atoms with van der Waals surface area (Å²) in [5, 5.41) is 6.62. The molecule has 6 nitrogen and oxygen atoms in total. The van der Waals surface area contributed by atoms with Gasteiger partial charge in [-0.25, -0.2) is 4.99 Å². The third-order valence-corrected chi connectivity index (χ3v) is 4.77. The lowest BCUT2D eigenvalue weighted by molar-refractivity contribution is -0.128. The highest BCUT2D eigenvalue weighted by atomic mass is 127. The third-order valence-electron chi connectivity index (χ3n) is 4.77. The molecule has 1 aromatic rings. The molecule has 2 N–H and O–H groups in total. The normalized spacial score (nSPS) is 19.2. The number of halogens is 1. The first kappa shape index (κ1) is 20.8. The monoisotopic (exact) mass is 472 g/mol. The SMILES string of the molecule is CCNC(=NCC(=O)N1CCCC1)NCC1CCOc2ccccc21.I. The van der Waals surface area contributed by atoms with E-state index < -0.39 is 0 Å². The zero-order chi connectivity index (χ0) is 17.5. The van der Waals surface area contributed by atoms with Crippen LogP contribution in [-0.4, -0.2) is 56.1 Å². The van der Waals surface area contributed by atoms with Crippen LogP contribution in [0.2, 0.25) is 0 Å². The molecule has 0 aliphatic carbocycles. The largest absolute Gasteiger partial charge is 0.493 e. The molecule has 0 spiro atoms. The van der Waals surface area contributed by atoms with Crippen molar-refractivity contribution in [2.45, 2.75) is 32.1 Å². The summed E-state index contributed by atoms with van der Waals surface area (Å²) >= 11 is 0. The number of likely N-dealkylation sites (tertiary alicyclic amines) is 1. The van der Waals surface area contributed by atoms with Crippen LogP contribution in [0.3, 0.4) is 0 Å². The van der Waals surface area contributed by atoms with Crippen LogP contribution in [0, 0.1) is 0 Å². The first-order valence-electron chi connectivity index (χ1n) is 9.29. The van der Waals surface area contributed by atoms with Gasteiger partial charge in [-0.3, -0.25) is 4.79 Å². The van der Waals surface area contributed by atoms with Gasteiger partial charge in [-0.15, -0.1) is 24.0 Å². The van der Waals surface area contributed by atoms with Crippen LogP contribution >= 0.6 is 24.0 Å². The maximum absolute atomic E-state index is 12.2. The number of nitrogens with one attached hydrogen (secondary N) is 2. The van der Waals surface area contributed by atoms with Gasteiger partial charge in [-0.05, 0) is 37.8 Å². The molecule has 0 bridgehead atoms. The van der Waals surface area contributed by atoms with Crippen molar-refractivity contribution in [2.75, 3.05) is 39.3 Å². The van der Waals surface area contributed by atoms with Crippen LogP contribution in [0.4, 0.5) is 0 Å². The van der Waals surface area contributed by atoms with E-state index in [0.29, 0.717) is 11.9 Å². The van der Waals surface area contributed by atoms with E-state index in [0.717, 1.165) is 57.8 Å². The zero-order valence-corrected chi connectivity index (χ0v) is 17.7. The van der Waals surface area contributed by atoms with Crippen molar-refractivity contribution in [3.05, 3.63) is 29.8 Å². The fourth-order valence-electron chi connectivity index (χ4n) is 3.40. The second kappa shape index (κ2) is 10.6. The average molecular weight is 472 g/mol. The molecular formula is C19H29IN4O2. The van der Waals surface area contributed by atoms with E-state index in [9.17, 15) is 4.79 Å². The van der Waals surface area contributed by atoms with Gasteiger partial charge in [-0.2, -0.15) is 0 Å². The lowest BCUT2D eigenvalue weighted by atomic mass is 9.93. The minimum Gasteiger partial charge on any atom is -0.493 e. The fraction of sp³-hybridized carbons (Fsp3) is 0.579. The third kappa shape index (κ3) is 5.49. The topological polar surface area (TPSA) is 66.0 Å². The van der Waals surface area contributed by atoms with Crippen LogP contribution in [0.25, 0.3) is 0 Å². The van der Waals surface area contributed by atoms with Crippen molar-refractivity contribution in [2.24, 2.45) is 4.99 Å². The van der Waals surface area contributed by atoms with E-state index in [2.05, 4.69) is 27.8 Å². The molecule has 0 radical (unpaired) electrons. The lowest BCUT2D eigenvalue weighted by Gasteiger charge is -2.26. The molecule has 1 fully saturated rings. The van der Waals surface area contributed by atoms with E-state index in [1.165, 1.54) is 5.56 Å². The number of amides is 1. The Balaban J connectivity index is 0.00000243. The Hall–Kier alpha value is -1.51. The smallest absolute Gasteiger partial charge is 0.244 e. The molecule has 144 valence electrons. The molecule has 0 aromatic heterocycles. The molecule has 2 aliphatic heterocycles. The highest BCUT2D eigenvalue weighted by Gasteiger charge is 2.21. The molecule has 1 unspecified atom stereocenters. The summed E-state index contributed by atoms with van der Waals surface area (Å²) in [6.45, 7) is 6.28. The quantitative estimate of drug-likeness (QED) is 0.393. The molecule has 3 rings (SSSR count). The fourth-order valence-corrected chi connectivity index (χ4v) is 3.40. The number of para-hydroxylation sites is 1. The van der Waals surface area contributed by atoms with Crippen LogP contribution in [0.15, 0.2) is 29.3 Å². The van der Waals surface area contributed by atoms with E-state index in [4.69, 9.17) is 4.74 Å². The predicted molar refractivity (Wildman–Crippen MR) is 115 cm³/mol. The highest BCUT2D eigenvalue weighted by Crippen LogP contribution is 2.32. The Kier molecular flexibility index (Phi) is 8.47. The summed E-state index contributed by atoms with van der Waals surface area (Å²) in [6, 6.07) is 8.20. The Morgan fingerprint density at radius 2 is 2.04 bits per heavy atom. The van der Waals surface area contributed by atoms with Crippen molar-refractivity contribution in [3.8, 4) is 5.75 Å². The first-order valence-corrected chi connectivity index (χ1v) is 9.29. The summed E-state index contributed by atoms with van der Waals surface area (Å²) in [5.74, 6) is 2.19. The van der Waals surface area contributed by atoms with E-state index in [-0.39, 0.29) is 36.4 Å². The Morgan fingerprint density at radius 1 is 1.27 bits per heavy atom. The second-order valence-electron chi connectivity index (χ2n) is 6.54. The number of hydrogen-bond donors (Lipinski definition) is 2. The van der Waals surface area contributed by atoms with Gasteiger partial charge in [0.25, 0.3) is 0 Å². The number of carbonyl (C=O) groups is 1. The van der Waals surface area contributed by atoms with Gasteiger partial charge in [0.15, 0.2) is 5.96 Å². The summed E-state index contributed by atoms with van der Waals surface area (Å²) in [7, 11) is 0. The van der Waals surface area contributed by atoms with Crippen LogP contribution < -0.4 is 15.4 Å². The van der Waals surface area contributed by atoms with Crippen molar-refractivity contribution >= 4 is 35.8 Å². The number of fused-ring (bicyclic) bond motifs is 1. The standard InChI is InChI=1S/C19H28N4O2.HI/c1-2-20-19(22-14-18(24)23-10-5-6-11-23)21-13-15-9-12-25-17-8-4-3-7-16(15)17;/h3-4,7-8,15H,2,5-6,9-14H2,1H3,(H2,20,21,22);1H. The number of benzene rings is 1. The highest BCUT2D eigenvalue weighted by molar-refractivity contribution is 14.0. The van der Waals surface area contributed by atoms with Crippen molar-refractivity contribution in [1.29, 1.82) is 0 Å². The molecule has 7 heteroatoms. The number of aliphatic imine (C=N–C) groups is 1. The molecule has 2 heterocycles. The molecule has 26 heavy (non-hydrogen) atoms. The number of ether oxygens (including phenoxy) is 1. The summed E-state index contributed by atoms with van der Waals surface area (Å²) < 4.78 is 5.72. The average Bonchev–Trinajstić information content (AvgIpc) is 3.18. The van der Waals surface area contributed by atoms with Crippen LogP contribution in [0.5, 0.6) is 5.75 Å². The van der Waals surface area contributed by atoms with Crippen LogP contribution in [-0.2, 0) is 4.79 Å². The molecule has 1 atom stereocenters. The summed E-state index contributed by atoms with van der Waals surface area (Å²) in [6.07, 6.45) is 3.20. The Bertz CT molecular complexity index is 617. The molecule has 2 aliphatic rings. The number of carbonyl (C=O) groups excluding carboxylic acids is 1. The van der Waals surface area contributed by atoms with Gasteiger partial charge < -0.3 is 20.3 Å². The number of nitrogens with zero attached hydrogens (tertiary/aromatic N) is 2. The van der Waals surface area contributed by atoms with Gasteiger partial charge in [0.05, 0.1) is 6.61 Å². The van der Waals surface area contributed by atoms with Crippen molar-refractivity contribution in [3.63, 3.8) is 0 Å². The molecular weight excluding hydrogens is 443 g/mol. The Morgan fingerprint density at radius 3 is 2.81 bits per heavy atom. The zero-order valence-electron chi connectivity index (χ0n) is 15.4.